The summed E-state index contributed by atoms with van der Waals surface area (Å²) in [6, 6.07) is 2.29. The molecule has 0 aromatic heterocycles. The van der Waals surface area contributed by atoms with Gasteiger partial charge in [0, 0.05) is 30.9 Å². The van der Waals surface area contributed by atoms with E-state index < -0.39 is 34.0 Å². The Hall–Kier alpha value is -2.52. The van der Waals surface area contributed by atoms with E-state index in [9.17, 15) is 28.1 Å². The molecular formula is C16H20F3N3O4. The monoisotopic (exact) mass is 375 g/mol. The number of nitro groups is 1. The summed E-state index contributed by atoms with van der Waals surface area (Å²) in [5.41, 5.74) is -2.51. The van der Waals surface area contributed by atoms with Crippen LogP contribution in [-0.2, 0) is 10.9 Å². The molecule has 10 heteroatoms. The van der Waals surface area contributed by atoms with Crippen LogP contribution in [0.5, 0.6) is 0 Å². The fourth-order valence-electron chi connectivity index (χ4n) is 2.71. The van der Waals surface area contributed by atoms with Crippen LogP contribution in [0.4, 0.5) is 29.3 Å². The van der Waals surface area contributed by atoms with Crippen LogP contribution in [-0.4, -0.2) is 35.7 Å². The minimum Gasteiger partial charge on any atom is -0.444 e. The van der Waals surface area contributed by atoms with E-state index in [1.165, 1.54) is 4.90 Å². The molecule has 1 aromatic carbocycles. The molecule has 144 valence electrons. The highest BCUT2D eigenvalue weighted by Crippen LogP contribution is 2.39. The molecule has 1 atom stereocenters. The largest absolute Gasteiger partial charge is 0.444 e. The van der Waals surface area contributed by atoms with Crippen LogP contribution in [0, 0.1) is 10.1 Å². The van der Waals surface area contributed by atoms with Crippen LogP contribution in [0.2, 0.25) is 0 Å². The summed E-state index contributed by atoms with van der Waals surface area (Å²) in [7, 11) is 0. The highest BCUT2D eigenvalue weighted by molar-refractivity contribution is 5.68. The summed E-state index contributed by atoms with van der Waals surface area (Å²) in [6.45, 7) is 5.56. The van der Waals surface area contributed by atoms with E-state index in [1.54, 1.807) is 20.8 Å². The van der Waals surface area contributed by atoms with E-state index in [0.717, 1.165) is 12.1 Å². The third-order valence-corrected chi connectivity index (χ3v) is 3.75. The first-order valence-electron chi connectivity index (χ1n) is 7.97. The Morgan fingerprint density at radius 1 is 1.35 bits per heavy atom. The maximum absolute atomic E-state index is 13.3. The van der Waals surface area contributed by atoms with E-state index in [0.29, 0.717) is 12.5 Å². The number of halogens is 3. The lowest BCUT2D eigenvalue weighted by molar-refractivity contribution is -0.385. The number of rotatable bonds is 3. The number of alkyl carbamates (subject to hydrolysis) is 1. The van der Waals surface area contributed by atoms with Crippen molar-refractivity contribution >= 4 is 17.5 Å². The molecule has 7 nitrogen and oxygen atoms in total. The number of carbonyl (C=O) groups is 1. The minimum atomic E-state index is -4.72. The van der Waals surface area contributed by atoms with Crippen molar-refractivity contribution in [2.45, 2.75) is 45.0 Å². The predicted molar refractivity (Wildman–Crippen MR) is 88.1 cm³/mol. The Morgan fingerprint density at radius 2 is 2.00 bits per heavy atom. The molecule has 0 radical (unpaired) electrons. The van der Waals surface area contributed by atoms with Crippen LogP contribution in [0.15, 0.2) is 18.2 Å². The van der Waals surface area contributed by atoms with Crippen molar-refractivity contribution in [2.24, 2.45) is 0 Å². The SMILES string of the molecule is CC(C)(C)OC(=O)NC1CCN(c2ccc([N+](=O)[O-])cc2C(F)(F)F)C1. The summed E-state index contributed by atoms with van der Waals surface area (Å²) < 4.78 is 45.0. The molecule has 0 aliphatic carbocycles. The molecule has 1 unspecified atom stereocenters. The van der Waals surface area contributed by atoms with Crippen molar-refractivity contribution in [2.75, 3.05) is 18.0 Å². The third kappa shape index (κ3) is 4.99. The van der Waals surface area contributed by atoms with Gasteiger partial charge in [0.25, 0.3) is 5.69 Å². The van der Waals surface area contributed by atoms with Gasteiger partial charge in [0.1, 0.15) is 5.60 Å². The number of hydrogen-bond donors (Lipinski definition) is 1. The van der Waals surface area contributed by atoms with Gasteiger partial charge in [-0.15, -0.1) is 0 Å². The highest BCUT2D eigenvalue weighted by atomic mass is 19.4. The minimum absolute atomic E-state index is 0.142. The summed E-state index contributed by atoms with van der Waals surface area (Å²) in [4.78, 5) is 23.1. The van der Waals surface area contributed by atoms with E-state index in [4.69, 9.17) is 4.74 Å². The number of anilines is 1. The maximum Gasteiger partial charge on any atom is 0.418 e. The Morgan fingerprint density at radius 3 is 2.54 bits per heavy atom. The zero-order valence-corrected chi connectivity index (χ0v) is 14.6. The quantitative estimate of drug-likeness (QED) is 0.643. The lowest BCUT2D eigenvalue weighted by atomic mass is 10.1. The van der Waals surface area contributed by atoms with Crippen LogP contribution in [0.1, 0.15) is 32.8 Å². The molecule has 1 aliphatic heterocycles. The number of hydrogen-bond acceptors (Lipinski definition) is 5. The number of nitro benzene ring substituents is 1. The van der Waals surface area contributed by atoms with Crippen LogP contribution in [0.25, 0.3) is 0 Å². The maximum atomic E-state index is 13.3. The molecule has 2 rings (SSSR count). The number of amides is 1. The third-order valence-electron chi connectivity index (χ3n) is 3.75. The van der Waals surface area contributed by atoms with Gasteiger partial charge in [-0.2, -0.15) is 13.2 Å². The Balaban J connectivity index is 2.15. The standard InChI is InChI=1S/C16H20F3N3O4/c1-15(2,3)26-14(23)20-10-6-7-21(9-10)13-5-4-11(22(24)25)8-12(13)16(17,18)19/h4-5,8,10H,6-7,9H2,1-3H3,(H,20,23). The van der Waals surface area contributed by atoms with Crippen molar-refractivity contribution in [1.82, 2.24) is 5.32 Å². The first-order valence-corrected chi connectivity index (χ1v) is 7.97. The predicted octanol–water partition coefficient (Wildman–Crippen LogP) is 3.72. The average Bonchev–Trinajstić information content (AvgIpc) is 2.91. The first-order chi connectivity index (χ1) is 11.9. The van der Waals surface area contributed by atoms with Gasteiger partial charge in [-0.25, -0.2) is 4.79 Å². The second-order valence-electron chi connectivity index (χ2n) is 7.03. The molecule has 1 amide bonds. The first kappa shape index (κ1) is 19.8. The van der Waals surface area contributed by atoms with Gasteiger partial charge in [0.05, 0.1) is 16.5 Å². The van der Waals surface area contributed by atoms with E-state index in [2.05, 4.69) is 5.32 Å². The van der Waals surface area contributed by atoms with Gasteiger partial charge in [0.2, 0.25) is 0 Å². The number of non-ortho nitro benzene ring substituents is 1. The van der Waals surface area contributed by atoms with Gasteiger partial charge in [0.15, 0.2) is 0 Å². The molecular weight excluding hydrogens is 355 g/mol. The summed E-state index contributed by atoms with van der Waals surface area (Å²) in [5, 5.41) is 13.4. The van der Waals surface area contributed by atoms with Crippen molar-refractivity contribution in [3.8, 4) is 0 Å². The molecule has 1 saturated heterocycles. The molecule has 0 bridgehead atoms. The van der Waals surface area contributed by atoms with E-state index in [1.807, 2.05) is 0 Å². The second kappa shape index (κ2) is 7.00. The van der Waals surface area contributed by atoms with Gasteiger partial charge in [-0.3, -0.25) is 10.1 Å². The highest BCUT2D eigenvalue weighted by Gasteiger charge is 2.38. The Labute approximate surface area is 148 Å². The molecule has 1 N–H and O–H groups in total. The fraction of sp³-hybridized carbons (Fsp3) is 0.562. The summed E-state index contributed by atoms with van der Waals surface area (Å²) in [6.07, 6.45) is -4.92. The lowest BCUT2D eigenvalue weighted by Crippen LogP contribution is -2.40. The van der Waals surface area contributed by atoms with E-state index in [-0.39, 0.29) is 24.8 Å². The molecule has 1 aliphatic rings. The number of nitrogens with zero attached hydrogens (tertiary/aromatic N) is 2. The van der Waals surface area contributed by atoms with Crippen LogP contribution in [0.3, 0.4) is 0 Å². The summed E-state index contributed by atoms with van der Waals surface area (Å²) >= 11 is 0. The topological polar surface area (TPSA) is 84.7 Å². The average molecular weight is 375 g/mol. The van der Waals surface area contributed by atoms with Crippen molar-refractivity contribution < 1.29 is 27.6 Å². The lowest BCUT2D eigenvalue weighted by Gasteiger charge is -2.24. The zero-order valence-electron chi connectivity index (χ0n) is 14.6. The molecule has 26 heavy (non-hydrogen) atoms. The number of carbonyl (C=O) groups excluding carboxylic acids is 1. The number of nitrogens with one attached hydrogen (secondary N) is 1. The molecule has 1 fully saturated rings. The van der Waals surface area contributed by atoms with Gasteiger partial charge < -0.3 is 15.0 Å². The van der Waals surface area contributed by atoms with Gasteiger partial charge in [-0.1, -0.05) is 0 Å². The number of alkyl halides is 3. The van der Waals surface area contributed by atoms with Crippen molar-refractivity contribution in [1.29, 1.82) is 0 Å². The second-order valence-corrected chi connectivity index (χ2v) is 7.03. The van der Waals surface area contributed by atoms with Crippen LogP contribution >= 0.6 is 0 Å². The smallest absolute Gasteiger partial charge is 0.418 e. The van der Waals surface area contributed by atoms with Gasteiger partial charge in [-0.05, 0) is 33.3 Å². The number of benzene rings is 1. The normalized spacial score (nSPS) is 17.9. The van der Waals surface area contributed by atoms with E-state index >= 15 is 0 Å². The van der Waals surface area contributed by atoms with Crippen LogP contribution < -0.4 is 10.2 Å². The zero-order chi connectivity index (χ0) is 19.7. The Bertz CT molecular complexity index is 701. The Kier molecular flexibility index (Phi) is 5.33. The molecule has 0 saturated carbocycles. The molecule has 1 aromatic rings. The van der Waals surface area contributed by atoms with Gasteiger partial charge >= 0.3 is 12.3 Å². The fourth-order valence-corrected chi connectivity index (χ4v) is 2.71. The van der Waals surface area contributed by atoms with Crippen molar-refractivity contribution in [3.05, 3.63) is 33.9 Å². The molecule has 1 heterocycles. The summed E-state index contributed by atoms with van der Waals surface area (Å²) in [5.74, 6) is 0. The molecule has 0 spiro atoms. The number of ether oxygens (including phenoxy) is 1. The van der Waals surface area contributed by atoms with Crippen molar-refractivity contribution in [3.63, 3.8) is 0 Å².